The van der Waals surface area contributed by atoms with E-state index in [4.69, 9.17) is 23.7 Å². The van der Waals surface area contributed by atoms with Crippen LogP contribution in [-0.2, 0) is 17.6 Å². The van der Waals surface area contributed by atoms with Gasteiger partial charge in [-0.15, -0.1) is 0 Å². The Hall–Kier alpha value is -3.13. The number of hydrogen-bond donors (Lipinski definition) is 1. The summed E-state index contributed by atoms with van der Waals surface area (Å²) in [6.45, 7) is 1.33. The Labute approximate surface area is 188 Å². The van der Waals surface area contributed by atoms with Crippen molar-refractivity contribution in [2.75, 3.05) is 41.3 Å². The number of carbonyl (C=O) groups excluding carboxylic acids is 1. The highest BCUT2D eigenvalue weighted by molar-refractivity contribution is 5.67. The molecule has 4 rings (SSSR count). The number of rotatable bonds is 9. The van der Waals surface area contributed by atoms with Crippen LogP contribution < -0.4 is 24.3 Å². The molecule has 2 aliphatic heterocycles. The molecule has 0 unspecified atom stereocenters. The maximum absolute atomic E-state index is 12.4. The molecule has 0 spiro atoms. The Bertz CT molecular complexity index is 902. The first kappa shape index (κ1) is 22.1. The third-order valence-corrected chi connectivity index (χ3v) is 5.68. The molecule has 8 heteroatoms. The molecule has 0 atom stereocenters. The normalized spacial score (nSPS) is 14.0. The predicted molar refractivity (Wildman–Crippen MR) is 119 cm³/mol. The fourth-order valence-corrected chi connectivity index (χ4v) is 4.17. The van der Waals surface area contributed by atoms with Crippen LogP contribution in [0.25, 0.3) is 0 Å². The van der Waals surface area contributed by atoms with Crippen LogP contribution in [0.3, 0.4) is 0 Å². The molecule has 2 aromatic rings. The monoisotopic (exact) mass is 442 g/mol. The van der Waals surface area contributed by atoms with Crippen molar-refractivity contribution in [1.29, 1.82) is 0 Å². The number of amides is 1. The van der Waals surface area contributed by atoms with Gasteiger partial charge in [0.15, 0.2) is 23.0 Å². The van der Waals surface area contributed by atoms with Gasteiger partial charge in [0.05, 0.1) is 0 Å². The first-order valence-corrected chi connectivity index (χ1v) is 10.8. The number of nitrogens with zero attached hydrogens (tertiary/aromatic N) is 1. The molecule has 172 valence electrons. The van der Waals surface area contributed by atoms with Crippen LogP contribution in [0.5, 0.6) is 23.0 Å². The molecule has 0 aliphatic carbocycles. The maximum atomic E-state index is 12.4. The predicted octanol–water partition coefficient (Wildman–Crippen LogP) is 3.37. The van der Waals surface area contributed by atoms with Gasteiger partial charge in [0, 0.05) is 19.9 Å². The Morgan fingerprint density at radius 1 is 0.938 bits per heavy atom. The zero-order chi connectivity index (χ0) is 22.6. The van der Waals surface area contributed by atoms with Crippen molar-refractivity contribution in [2.24, 2.45) is 0 Å². The second kappa shape index (κ2) is 9.56. The van der Waals surface area contributed by atoms with Crippen LogP contribution in [0.2, 0.25) is 0 Å². The molecule has 2 heterocycles. The number of nitrogens with one attached hydrogen (secondary N) is 1. The molecule has 2 aromatic carbocycles. The first-order valence-electron chi connectivity index (χ1n) is 10.8. The lowest BCUT2D eigenvalue weighted by Gasteiger charge is -2.34. The molecule has 0 aromatic heterocycles. The number of fused-ring (bicyclic) bond motifs is 2. The van der Waals surface area contributed by atoms with Gasteiger partial charge in [0.2, 0.25) is 13.6 Å². The lowest BCUT2D eigenvalue weighted by Crippen LogP contribution is -2.43. The number of carbonyl (C=O) groups is 1. The smallest absolute Gasteiger partial charge is 0.407 e. The van der Waals surface area contributed by atoms with E-state index in [1.807, 2.05) is 50.5 Å². The van der Waals surface area contributed by atoms with Gasteiger partial charge in [-0.05, 0) is 68.9 Å². The van der Waals surface area contributed by atoms with E-state index >= 15 is 0 Å². The molecule has 0 radical (unpaired) electrons. The molecule has 2 aliphatic rings. The van der Waals surface area contributed by atoms with Crippen LogP contribution in [0.15, 0.2) is 36.4 Å². The summed E-state index contributed by atoms with van der Waals surface area (Å²) in [5.74, 6) is 2.89. The minimum atomic E-state index is -0.752. The second-order valence-corrected chi connectivity index (χ2v) is 8.46. The van der Waals surface area contributed by atoms with E-state index in [1.165, 1.54) is 0 Å². The summed E-state index contributed by atoms with van der Waals surface area (Å²) in [5.41, 5.74) is 1.28. The molecule has 0 bridgehead atoms. The molecule has 8 nitrogen and oxygen atoms in total. The molecule has 1 amide bonds. The van der Waals surface area contributed by atoms with Gasteiger partial charge in [0.1, 0.15) is 5.60 Å². The number of ether oxygens (including phenoxy) is 5. The van der Waals surface area contributed by atoms with E-state index in [1.54, 1.807) is 7.05 Å². The Balaban J connectivity index is 1.64. The topological polar surface area (TPSA) is 78.5 Å². The summed E-state index contributed by atoms with van der Waals surface area (Å²) in [6.07, 6.45) is 2.20. The summed E-state index contributed by atoms with van der Waals surface area (Å²) in [5, 5.41) is 2.61. The van der Waals surface area contributed by atoms with E-state index in [0.29, 0.717) is 30.8 Å². The number of benzene rings is 2. The Morgan fingerprint density at radius 2 is 1.47 bits per heavy atom. The fraction of sp³-hybridized carbons (Fsp3) is 0.458. The lowest BCUT2D eigenvalue weighted by molar-refractivity contribution is 0.00291. The highest BCUT2D eigenvalue weighted by Gasteiger charge is 2.36. The van der Waals surface area contributed by atoms with Crippen LogP contribution in [0, 0.1) is 0 Å². The van der Waals surface area contributed by atoms with Crippen LogP contribution in [0.4, 0.5) is 4.79 Å². The van der Waals surface area contributed by atoms with Gasteiger partial charge in [-0.25, -0.2) is 4.79 Å². The van der Waals surface area contributed by atoms with E-state index in [9.17, 15) is 4.79 Å². The molecule has 1 N–H and O–H groups in total. The third-order valence-electron chi connectivity index (χ3n) is 5.68. The van der Waals surface area contributed by atoms with E-state index < -0.39 is 11.7 Å². The quantitative estimate of drug-likeness (QED) is 0.638. The number of alkyl carbamates (subject to hydrolysis) is 1. The molecular formula is C24H30N2O6. The SMILES string of the molecule is CNC(=O)OC(CCCN(C)C)(Cc1ccc2c(c1)OCO2)Cc1ccc2c(c1)OCO2. The highest BCUT2D eigenvalue weighted by atomic mass is 16.7. The summed E-state index contributed by atoms with van der Waals surface area (Å²) < 4.78 is 28.1. The first-order chi connectivity index (χ1) is 15.5. The van der Waals surface area contributed by atoms with Crippen molar-refractivity contribution in [3.05, 3.63) is 47.5 Å². The summed E-state index contributed by atoms with van der Waals surface area (Å²) >= 11 is 0. The second-order valence-electron chi connectivity index (χ2n) is 8.46. The maximum Gasteiger partial charge on any atom is 0.407 e. The van der Waals surface area contributed by atoms with Crippen molar-refractivity contribution in [2.45, 2.75) is 31.3 Å². The zero-order valence-electron chi connectivity index (χ0n) is 18.8. The van der Waals surface area contributed by atoms with Gasteiger partial charge in [-0.1, -0.05) is 12.1 Å². The third kappa shape index (κ3) is 5.19. The van der Waals surface area contributed by atoms with Crippen LogP contribution in [0.1, 0.15) is 24.0 Å². The average molecular weight is 443 g/mol. The molecule has 32 heavy (non-hydrogen) atoms. The zero-order valence-corrected chi connectivity index (χ0v) is 18.8. The van der Waals surface area contributed by atoms with E-state index in [2.05, 4.69) is 10.2 Å². The summed E-state index contributed by atoms with van der Waals surface area (Å²) in [7, 11) is 5.65. The van der Waals surface area contributed by atoms with Crippen molar-refractivity contribution >= 4 is 6.09 Å². The van der Waals surface area contributed by atoms with Crippen molar-refractivity contribution in [3.63, 3.8) is 0 Å². The summed E-state index contributed by atoms with van der Waals surface area (Å²) in [4.78, 5) is 14.6. The van der Waals surface area contributed by atoms with Gasteiger partial charge in [-0.3, -0.25) is 0 Å². The fourth-order valence-electron chi connectivity index (χ4n) is 4.17. The van der Waals surface area contributed by atoms with E-state index in [0.717, 1.165) is 35.6 Å². The molecule has 0 saturated carbocycles. The molecule has 0 fully saturated rings. The van der Waals surface area contributed by atoms with Gasteiger partial charge < -0.3 is 33.9 Å². The number of hydrogen-bond acceptors (Lipinski definition) is 7. The van der Waals surface area contributed by atoms with Gasteiger partial charge in [0.25, 0.3) is 0 Å². The molecule has 0 saturated heterocycles. The lowest BCUT2D eigenvalue weighted by atomic mass is 9.83. The van der Waals surface area contributed by atoms with E-state index in [-0.39, 0.29) is 13.6 Å². The Morgan fingerprint density at radius 3 is 1.97 bits per heavy atom. The van der Waals surface area contributed by atoms with Crippen LogP contribution in [-0.4, -0.2) is 57.9 Å². The molecular weight excluding hydrogens is 412 g/mol. The van der Waals surface area contributed by atoms with Crippen molar-refractivity contribution in [1.82, 2.24) is 10.2 Å². The average Bonchev–Trinajstić information content (AvgIpc) is 3.41. The highest BCUT2D eigenvalue weighted by Crippen LogP contribution is 2.38. The van der Waals surface area contributed by atoms with Gasteiger partial charge in [-0.2, -0.15) is 0 Å². The van der Waals surface area contributed by atoms with Crippen molar-refractivity contribution in [3.8, 4) is 23.0 Å². The standard InChI is InChI=1S/C24H30N2O6/c1-25-23(27)32-24(9-4-10-26(2)3,13-17-5-7-19-21(11-17)30-15-28-19)14-18-6-8-20-22(12-18)31-16-29-20/h5-8,11-12H,4,9-10,13-16H2,1-3H3,(H,25,27). The minimum Gasteiger partial charge on any atom is -0.454 e. The van der Waals surface area contributed by atoms with Crippen LogP contribution >= 0.6 is 0 Å². The Kier molecular flexibility index (Phi) is 6.60. The summed E-state index contributed by atoms with van der Waals surface area (Å²) in [6, 6.07) is 11.7. The van der Waals surface area contributed by atoms with Crippen molar-refractivity contribution < 1.29 is 28.5 Å². The van der Waals surface area contributed by atoms with Gasteiger partial charge >= 0.3 is 6.09 Å². The minimum absolute atomic E-state index is 0.221. The largest absolute Gasteiger partial charge is 0.454 e.